The maximum absolute atomic E-state index is 12.9. The molecule has 3 rings (SSSR count). The summed E-state index contributed by atoms with van der Waals surface area (Å²) >= 11 is 0. The van der Waals surface area contributed by atoms with Crippen LogP contribution in [0.2, 0.25) is 0 Å². The highest BCUT2D eigenvalue weighted by Crippen LogP contribution is 2.29. The molecule has 0 saturated carbocycles. The number of fused-ring (bicyclic) bond motifs is 3. The lowest BCUT2D eigenvalue weighted by atomic mass is 10.00. The third-order valence-electron chi connectivity index (χ3n) is 5.10. The third kappa shape index (κ3) is 2.90. The first kappa shape index (κ1) is 18.2. The number of hydroxylamine groups is 2. The molecule has 0 aromatic carbocycles. The maximum Gasteiger partial charge on any atom is 0.407 e. The standard InChI is InChI=1S/C16H23N5O5/c1-9-5-12-11(8-20(9)16(24)25)13-15(23)18(2)6-10(7-21(13)17-12)14(22)19(3)26-4/h9-10H,5-8H2,1-4H3,(H,24,25)/t9-,10-/m1/s1. The third-order valence-corrected chi connectivity index (χ3v) is 5.10. The number of carboxylic acid groups (broad SMARTS) is 1. The highest BCUT2D eigenvalue weighted by Gasteiger charge is 2.38. The van der Waals surface area contributed by atoms with Gasteiger partial charge in [0.1, 0.15) is 5.69 Å². The van der Waals surface area contributed by atoms with Crippen LogP contribution in [-0.2, 0) is 29.1 Å². The van der Waals surface area contributed by atoms with Gasteiger partial charge < -0.3 is 14.9 Å². The van der Waals surface area contributed by atoms with Crippen molar-refractivity contribution < 1.29 is 24.3 Å². The van der Waals surface area contributed by atoms with Crippen molar-refractivity contribution in [2.45, 2.75) is 32.5 Å². The van der Waals surface area contributed by atoms with Crippen LogP contribution >= 0.6 is 0 Å². The summed E-state index contributed by atoms with van der Waals surface area (Å²) in [5.41, 5.74) is 1.73. The van der Waals surface area contributed by atoms with Gasteiger partial charge in [0, 0.05) is 38.7 Å². The number of aromatic nitrogens is 2. The number of amides is 3. The Morgan fingerprint density at radius 2 is 2.04 bits per heavy atom. The highest BCUT2D eigenvalue weighted by atomic mass is 16.7. The normalized spacial score (nSPS) is 22.5. The van der Waals surface area contributed by atoms with Crippen molar-refractivity contribution in [3.05, 3.63) is 17.0 Å². The Bertz CT molecular complexity index is 760. The monoisotopic (exact) mass is 365 g/mol. The lowest BCUT2D eigenvalue weighted by molar-refractivity contribution is -0.174. The fraction of sp³-hybridized carbons (Fsp3) is 0.625. The first-order valence-electron chi connectivity index (χ1n) is 8.39. The molecule has 2 atom stereocenters. The molecule has 0 spiro atoms. The average molecular weight is 365 g/mol. The first-order valence-corrected chi connectivity index (χ1v) is 8.39. The van der Waals surface area contributed by atoms with E-state index in [1.54, 1.807) is 11.7 Å². The Kier molecular flexibility index (Phi) is 4.61. The second-order valence-electron chi connectivity index (χ2n) is 6.82. The van der Waals surface area contributed by atoms with Crippen LogP contribution in [-0.4, -0.2) is 81.4 Å². The summed E-state index contributed by atoms with van der Waals surface area (Å²) in [4.78, 5) is 44.6. The molecule has 1 aromatic rings. The summed E-state index contributed by atoms with van der Waals surface area (Å²) in [5, 5.41) is 15.1. The van der Waals surface area contributed by atoms with E-state index >= 15 is 0 Å². The summed E-state index contributed by atoms with van der Waals surface area (Å²) in [6, 6.07) is -0.218. The van der Waals surface area contributed by atoms with E-state index in [1.165, 1.54) is 24.0 Å². The van der Waals surface area contributed by atoms with Crippen LogP contribution in [0.5, 0.6) is 0 Å². The molecule has 0 fully saturated rings. The first-order chi connectivity index (χ1) is 12.2. The van der Waals surface area contributed by atoms with Crippen molar-refractivity contribution in [3.63, 3.8) is 0 Å². The van der Waals surface area contributed by atoms with E-state index < -0.39 is 12.0 Å². The molecule has 0 unspecified atom stereocenters. The second-order valence-corrected chi connectivity index (χ2v) is 6.82. The molecule has 0 saturated heterocycles. The fourth-order valence-electron chi connectivity index (χ4n) is 3.59. The lowest BCUT2D eigenvalue weighted by Crippen LogP contribution is -2.42. The van der Waals surface area contributed by atoms with Gasteiger partial charge in [0.25, 0.3) is 11.8 Å². The van der Waals surface area contributed by atoms with E-state index in [0.717, 1.165) is 10.8 Å². The summed E-state index contributed by atoms with van der Waals surface area (Å²) in [5.74, 6) is -0.993. The molecule has 0 bridgehead atoms. The minimum atomic E-state index is -1.02. The average Bonchev–Trinajstić information content (AvgIpc) is 2.88. The molecule has 0 radical (unpaired) electrons. The molecular formula is C16H23N5O5. The van der Waals surface area contributed by atoms with E-state index in [9.17, 15) is 19.5 Å². The minimum Gasteiger partial charge on any atom is -0.465 e. The largest absolute Gasteiger partial charge is 0.465 e. The molecule has 1 aromatic heterocycles. The number of carbonyl (C=O) groups is 3. The summed E-state index contributed by atoms with van der Waals surface area (Å²) in [6.45, 7) is 2.42. The molecule has 1 N–H and O–H groups in total. The van der Waals surface area contributed by atoms with Crippen molar-refractivity contribution in [1.82, 2.24) is 24.6 Å². The minimum absolute atomic E-state index is 0.122. The number of rotatable bonds is 2. The van der Waals surface area contributed by atoms with E-state index in [2.05, 4.69) is 5.10 Å². The Balaban J connectivity index is 2.00. The second kappa shape index (κ2) is 6.60. The van der Waals surface area contributed by atoms with Gasteiger partial charge >= 0.3 is 6.09 Å². The molecule has 3 heterocycles. The Morgan fingerprint density at radius 3 is 2.65 bits per heavy atom. The van der Waals surface area contributed by atoms with Gasteiger partial charge in [-0.05, 0) is 6.92 Å². The van der Waals surface area contributed by atoms with Gasteiger partial charge in [-0.15, -0.1) is 0 Å². The van der Waals surface area contributed by atoms with Gasteiger partial charge in [0.05, 0.1) is 31.8 Å². The summed E-state index contributed by atoms with van der Waals surface area (Å²) in [6.07, 6.45) is -0.581. The van der Waals surface area contributed by atoms with E-state index in [1.807, 2.05) is 6.92 Å². The smallest absolute Gasteiger partial charge is 0.407 e. The van der Waals surface area contributed by atoms with Gasteiger partial charge in [-0.2, -0.15) is 5.10 Å². The number of nitrogens with zero attached hydrogens (tertiary/aromatic N) is 5. The topological polar surface area (TPSA) is 108 Å². The molecule has 2 aliphatic rings. The van der Waals surface area contributed by atoms with Gasteiger partial charge in [-0.3, -0.25) is 19.1 Å². The number of hydrogen-bond acceptors (Lipinski definition) is 5. The molecule has 0 aliphatic carbocycles. The van der Waals surface area contributed by atoms with Crippen molar-refractivity contribution in [1.29, 1.82) is 0 Å². The van der Waals surface area contributed by atoms with Crippen molar-refractivity contribution in [3.8, 4) is 0 Å². The van der Waals surface area contributed by atoms with Crippen LogP contribution < -0.4 is 0 Å². The molecule has 10 heteroatoms. The zero-order valence-electron chi connectivity index (χ0n) is 15.3. The maximum atomic E-state index is 12.9. The zero-order chi connectivity index (χ0) is 19.2. The number of hydrogen-bond donors (Lipinski definition) is 1. The van der Waals surface area contributed by atoms with Gasteiger partial charge in [-0.25, -0.2) is 9.86 Å². The predicted molar refractivity (Wildman–Crippen MR) is 89.2 cm³/mol. The van der Waals surface area contributed by atoms with Gasteiger partial charge in [-0.1, -0.05) is 0 Å². The molecule has 142 valence electrons. The number of carbonyl (C=O) groups excluding carboxylic acids is 2. The van der Waals surface area contributed by atoms with Gasteiger partial charge in [0.15, 0.2) is 0 Å². The Labute approximate surface area is 150 Å². The van der Waals surface area contributed by atoms with Crippen LogP contribution in [0.15, 0.2) is 0 Å². The SMILES string of the molecule is CON(C)C(=O)[C@@H]1CN(C)C(=O)c2c3c(nn2C1)C[C@@H](C)N(C(=O)O)C3. The Hall–Kier alpha value is -2.62. The van der Waals surface area contributed by atoms with Crippen molar-refractivity contribution in [2.75, 3.05) is 27.7 Å². The van der Waals surface area contributed by atoms with E-state index in [0.29, 0.717) is 17.7 Å². The Morgan fingerprint density at radius 1 is 1.35 bits per heavy atom. The van der Waals surface area contributed by atoms with Crippen molar-refractivity contribution in [2.24, 2.45) is 5.92 Å². The van der Waals surface area contributed by atoms with Crippen LogP contribution in [0, 0.1) is 5.92 Å². The summed E-state index contributed by atoms with van der Waals surface area (Å²) < 4.78 is 1.56. The van der Waals surface area contributed by atoms with E-state index in [4.69, 9.17) is 4.84 Å². The highest BCUT2D eigenvalue weighted by molar-refractivity contribution is 5.95. The van der Waals surface area contributed by atoms with Crippen LogP contribution in [0.4, 0.5) is 4.79 Å². The van der Waals surface area contributed by atoms with Gasteiger partial charge in [0.2, 0.25) is 0 Å². The zero-order valence-corrected chi connectivity index (χ0v) is 15.3. The molecule has 26 heavy (non-hydrogen) atoms. The molecule has 10 nitrogen and oxygen atoms in total. The quantitative estimate of drug-likeness (QED) is 0.741. The molecule has 2 aliphatic heterocycles. The lowest BCUT2D eigenvalue weighted by Gasteiger charge is -2.30. The predicted octanol–water partition coefficient (Wildman–Crippen LogP) is 0.0293. The van der Waals surface area contributed by atoms with Crippen molar-refractivity contribution >= 4 is 17.9 Å². The van der Waals surface area contributed by atoms with E-state index in [-0.39, 0.29) is 37.5 Å². The fourth-order valence-corrected chi connectivity index (χ4v) is 3.59. The molecular weight excluding hydrogens is 342 g/mol. The van der Waals surface area contributed by atoms with Crippen LogP contribution in [0.3, 0.4) is 0 Å². The van der Waals surface area contributed by atoms with Crippen LogP contribution in [0.25, 0.3) is 0 Å². The van der Waals surface area contributed by atoms with Crippen LogP contribution in [0.1, 0.15) is 28.7 Å². The molecule has 3 amide bonds. The summed E-state index contributed by atoms with van der Waals surface area (Å²) in [7, 11) is 4.56.